The number of nitrogens with zero attached hydrogens (tertiary/aromatic N) is 4. The van der Waals surface area contributed by atoms with Crippen LogP contribution in [0.3, 0.4) is 0 Å². The van der Waals surface area contributed by atoms with Gasteiger partial charge in [0, 0.05) is 6.42 Å². The maximum Gasteiger partial charge on any atom is 0.406 e. The number of carbonyl (C=O) groups excluding carboxylic acids is 1. The molecule has 0 bridgehead atoms. The zero-order valence-corrected chi connectivity index (χ0v) is 14.1. The maximum atomic E-state index is 14.4. The third-order valence-electron chi connectivity index (χ3n) is 4.71. The first kappa shape index (κ1) is 17.9. The van der Waals surface area contributed by atoms with Gasteiger partial charge in [0.15, 0.2) is 12.0 Å². The molecule has 2 atom stereocenters. The number of rotatable bonds is 4. The zero-order chi connectivity index (χ0) is 19.2. The lowest BCUT2D eigenvalue weighted by atomic mass is 10.0. The molecule has 1 fully saturated rings. The Hall–Kier alpha value is -2.49. The van der Waals surface area contributed by atoms with Gasteiger partial charge in [-0.3, -0.25) is 4.79 Å². The summed E-state index contributed by atoms with van der Waals surface area (Å²) in [5.41, 5.74) is 0.794. The van der Waals surface area contributed by atoms with Crippen LogP contribution in [0.25, 0.3) is 0 Å². The first-order valence-corrected chi connectivity index (χ1v) is 8.44. The SMILES string of the molecule is O=C(c1nc2n(n1)C(c1ccccc1)CC2F)N(CC(F)(F)F)C1COC1. The van der Waals surface area contributed by atoms with Crippen molar-refractivity contribution in [3.63, 3.8) is 0 Å². The third kappa shape index (κ3) is 3.41. The van der Waals surface area contributed by atoms with E-state index in [1.165, 1.54) is 4.68 Å². The quantitative estimate of drug-likeness (QED) is 0.761. The van der Waals surface area contributed by atoms with Gasteiger partial charge in [-0.25, -0.2) is 14.1 Å². The van der Waals surface area contributed by atoms with Gasteiger partial charge in [-0.2, -0.15) is 13.2 Å². The second-order valence-electron chi connectivity index (χ2n) is 6.61. The van der Waals surface area contributed by atoms with E-state index in [0.717, 1.165) is 5.56 Å². The Morgan fingerprint density at radius 1 is 1.26 bits per heavy atom. The minimum atomic E-state index is -4.57. The molecule has 0 aliphatic carbocycles. The van der Waals surface area contributed by atoms with Crippen LogP contribution in [0, 0.1) is 0 Å². The highest BCUT2D eigenvalue weighted by Crippen LogP contribution is 2.39. The largest absolute Gasteiger partial charge is 0.406 e. The van der Waals surface area contributed by atoms with E-state index in [-0.39, 0.29) is 25.5 Å². The standard InChI is InChI=1S/C17H16F4N4O2/c18-12-6-13(10-4-2-1-3-5-10)25-15(12)22-14(23-25)16(26)24(9-17(19,20)21)11-7-27-8-11/h1-5,11-13H,6-9H2. The summed E-state index contributed by atoms with van der Waals surface area (Å²) in [7, 11) is 0. The number of benzene rings is 1. The van der Waals surface area contributed by atoms with Gasteiger partial charge in [-0.1, -0.05) is 30.3 Å². The highest BCUT2D eigenvalue weighted by molar-refractivity contribution is 5.90. The highest BCUT2D eigenvalue weighted by atomic mass is 19.4. The molecule has 1 aromatic heterocycles. The number of amides is 1. The molecule has 27 heavy (non-hydrogen) atoms. The molecule has 1 saturated heterocycles. The molecule has 3 heterocycles. The molecule has 2 aromatic rings. The minimum absolute atomic E-state index is 0.0216. The van der Waals surface area contributed by atoms with Crippen LogP contribution in [-0.4, -0.2) is 57.5 Å². The van der Waals surface area contributed by atoms with Gasteiger partial charge in [0.25, 0.3) is 5.91 Å². The average Bonchev–Trinajstić information content (AvgIpc) is 3.12. The molecule has 0 spiro atoms. The predicted molar refractivity (Wildman–Crippen MR) is 84.8 cm³/mol. The van der Waals surface area contributed by atoms with Crippen molar-refractivity contribution in [3.05, 3.63) is 47.5 Å². The summed E-state index contributed by atoms with van der Waals surface area (Å²) in [6.45, 7) is -1.38. The van der Waals surface area contributed by atoms with E-state index in [4.69, 9.17) is 4.74 Å². The number of hydrogen-bond acceptors (Lipinski definition) is 4. The van der Waals surface area contributed by atoms with Crippen LogP contribution in [0.2, 0.25) is 0 Å². The molecule has 0 N–H and O–H groups in total. The van der Waals surface area contributed by atoms with Crippen LogP contribution in [0.5, 0.6) is 0 Å². The van der Waals surface area contributed by atoms with E-state index in [1.54, 1.807) is 24.3 Å². The molecule has 10 heteroatoms. The average molecular weight is 384 g/mol. The van der Waals surface area contributed by atoms with Gasteiger partial charge >= 0.3 is 6.18 Å². The van der Waals surface area contributed by atoms with E-state index >= 15 is 0 Å². The molecular weight excluding hydrogens is 368 g/mol. The van der Waals surface area contributed by atoms with E-state index in [9.17, 15) is 22.4 Å². The Bertz CT molecular complexity index is 835. The van der Waals surface area contributed by atoms with E-state index < -0.39 is 42.7 Å². The first-order chi connectivity index (χ1) is 12.8. The number of aromatic nitrogens is 3. The summed E-state index contributed by atoms with van der Waals surface area (Å²) in [6, 6.07) is 7.88. The van der Waals surface area contributed by atoms with Crippen molar-refractivity contribution < 1.29 is 27.1 Å². The molecule has 1 amide bonds. The molecule has 0 saturated carbocycles. The third-order valence-corrected chi connectivity index (χ3v) is 4.71. The minimum Gasteiger partial charge on any atom is -0.377 e. The first-order valence-electron chi connectivity index (χ1n) is 8.44. The lowest BCUT2D eigenvalue weighted by Crippen LogP contribution is -2.54. The van der Waals surface area contributed by atoms with Crippen LogP contribution in [0.4, 0.5) is 17.6 Å². The van der Waals surface area contributed by atoms with E-state index in [2.05, 4.69) is 10.1 Å². The highest BCUT2D eigenvalue weighted by Gasteiger charge is 2.42. The van der Waals surface area contributed by atoms with Gasteiger partial charge in [0.2, 0.25) is 5.82 Å². The molecule has 1 aromatic carbocycles. The van der Waals surface area contributed by atoms with Crippen LogP contribution < -0.4 is 0 Å². The van der Waals surface area contributed by atoms with Gasteiger partial charge in [-0.05, 0) is 5.56 Å². The number of fused-ring (bicyclic) bond motifs is 1. The van der Waals surface area contributed by atoms with Gasteiger partial charge in [0.1, 0.15) is 6.54 Å². The molecule has 2 unspecified atom stereocenters. The number of ether oxygens (including phenoxy) is 1. The number of halogens is 4. The summed E-state index contributed by atoms with van der Waals surface area (Å²) >= 11 is 0. The monoisotopic (exact) mass is 384 g/mol. The van der Waals surface area contributed by atoms with Crippen molar-refractivity contribution >= 4 is 5.91 Å². The molecule has 2 aliphatic heterocycles. The summed E-state index contributed by atoms with van der Waals surface area (Å²) in [5.74, 6) is -1.44. The topological polar surface area (TPSA) is 60.2 Å². The lowest BCUT2D eigenvalue weighted by Gasteiger charge is -2.36. The fourth-order valence-electron chi connectivity index (χ4n) is 3.31. The summed E-state index contributed by atoms with van der Waals surface area (Å²) in [4.78, 5) is 17.2. The van der Waals surface area contributed by atoms with Crippen molar-refractivity contribution in [2.45, 2.75) is 30.9 Å². The predicted octanol–water partition coefficient (Wildman–Crippen LogP) is 2.69. The molecule has 6 nitrogen and oxygen atoms in total. The van der Waals surface area contributed by atoms with Crippen molar-refractivity contribution in [1.82, 2.24) is 19.7 Å². The van der Waals surface area contributed by atoms with Crippen LogP contribution in [0.15, 0.2) is 30.3 Å². The van der Waals surface area contributed by atoms with Crippen molar-refractivity contribution in [2.24, 2.45) is 0 Å². The smallest absolute Gasteiger partial charge is 0.377 e. The van der Waals surface area contributed by atoms with Crippen molar-refractivity contribution in [1.29, 1.82) is 0 Å². The van der Waals surface area contributed by atoms with Crippen LogP contribution >= 0.6 is 0 Å². The lowest BCUT2D eigenvalue weighted by molar-refractivity contribution is -0.159. The summed E-state index contributed by atoms with van der Waals surface area (Å²) < 4.78 is 59.2. The fourth-order valence-corrected chi connectivity index (χ4v) is 3.31. The summed E-state index contributed by atoms with van der Waals surface area (Å²) in [5, 5.41) is 4.06. The Morgan fingerprint density at radius 3 is 2.56 bits per heavy atom. The normalized spacial score (nSPS) is 22.4. The van der Waals surface area contributed by atoms with Gasteiger partial charge < -0.3 is 9.64 Å². The van der Waals surface area contributed by atoms with Crippen LogP contribution in [-0.2, 0) is 4.74 Å². The Kier molecular flexibility index (Phi) is 4.37. The van der Waals surface area contributed by atoms with Gasteiger partial charge in [0.05, 0.1) is 25.3 Å². The van der Waals surface area contributed by atoms with Crippen molar-refractivity contribution in [3.8, 4) is 0 Å². The maximum absolute atomic E-state index is 14.4. The molecule has 0 radical (unpaired) electrons. The number of hydrogen-bond donors (Lipinski definition) is 0. The molecule has 144 valence electrons. The Balaban J connectivity index is 1.63. The van der Waals surface area contributed by atoms with E-state index in [1.807, 2.05) is 6.07 Å². The molecule has 4 rings (SSSR count). The fraction of sp³-hybridized carbons (Fsp3) is 0.471. The second-order valence-corrected chi connectivity index (χ2v) is 6.61. The number of alkyl halides is 4. The second kappa shape index (κ2) is 6.59. The summed E-state index contributed by atoms with van der Waals surface area (Å²) in [6.07, 6.45) is -5.88. The van der Waals surface area contributed by atoms with E-state index in [0.29, 0.717) is 4.90 Å². The van der Waals surface area contributed by atoms with Crippen molar-refractivity contribution in [2.75, 3.05) is 19.8 Å². The van der Waals surface area contributed by atoms with Crippen LogP contribution in [0.1, 0.15) is 40.6 Å². The zero-order valence-electron chi connectivity index (χ0n) is 14.1. The molecular formula is C17H16F4N4O2. The Labute approximate surface area is 151 Å². The van der Waals surface area contributed by atoms with Gasteiger partial charge in [-0.15, -0.1) is 5.10 Å². The number of carbonyl (C=O) groups is 1. The Morgan fingerprint density at radius 2 is 1.96 bits per heavy atom. The molecule has 2 aliphatic rings.